The summed E-state index contributed by atoms with van der Waals surface area (Å²) in [6, 6.07) is 0. The number of esters is 1. The van der Waals surface area contributed by atoms with E-state index >= 15 is 0 Å². The van der Waals surface area contributed by atoms with Gasteiger partial charge in [0.25, 0.3) is 0 Å². The summed E-state index contributed by atoms with van der Waals surface area (Å²) in [7, 11) is 0. The minimum absolute atomic E-state index is 0.320. The SMILES string of the molecule is CCCCCCCC=C=CC(=O)OC(C)(C)C. The van der Waals surface area contributed by atoms with E-state index in [1.165, 1.54) is 38.2 Å². The number of unbranched alkanes of at least 4 members (excludes halogenated alkanes) is 5. The Bertz CT molecular complexity index is 265. The van der Waals surface area contributed by atoms with Gasteiger partial charge in [-0.15, -0.1) is 5.73 Å². The van der Waals surface area contributed by atoms with Crippen LogP contribution in [-0.2, 0) is 9.53 Å². The van der Waals surface area contributed by atoms with Crippen molar-refractivity contribution in [3.8, 4) is 0 Å². The number of ether oxygens (including phenoxy) is 1. The van der Waals surface area contributed by atoms with Crippen molar-refractivity contribution in [1.29, 1.82) is 0 Å². The van der Waals surface area contributed by atoms with Crippen molar-refractivity contribution in [3.05, 3.63) is 17.9 Å². The molecule has 0 bridgehead atoms. The van der Waals surface area contributed by atoms with Gasteiger partial charge in [0.15, 0.2) is 0 Å². The first-order valence-corrected chi connectivity index (χ1v) is 6.59. The Morgan fingerprint density at radius 2 is 1.82 bits per heavy atom. The molecule has 0 saturated heterocycles. The zero-order valence-electron chi connectivity index (χ0n) is 11.7. The highest BCUT2D eigenvalue weighted by atomic mass is 16.6. The minimum Gasteiger partial charge on any atom is -0.456 e. The number of hydrogen-bond acceptors (Lipinski definition) is 2. The third-order valence-corrected chi connectivity index (χ3v) is 2.18. The van der Waals surface area contributed by atoms with Crippen molar-refractivity contribution in [2.24, 2.45) is 0 Å². The number of carbonyl (C=O) groups is 1. The molecule has 0 aromatic heterocycles. The average Bonchev–Trinajstić information content (AvgIpc) is 2.19. The van der Waals surface area contributed by atoms with E-state index in [0.717, 1.165) is 6.42 Å². The Balaban J connectivity index is 3.66. The molecule has 0 aromatic rings. The number of rotatable bonds is 7. The van der Waals surface area contributed by atoms with Crippen molar-refractivity contribution >= 4 is 5.97 Å². The molecule has 0 saturated carbocycles. The molecule has 0 aromatic carbocycles. The lowest BCUT2D eigenvalue weighted by atomic mass is 10.1. The molecule has 0 N–H and O–H groups in total. The zero-order chi connectivity index (χ0) is 13.1. The first-order valence-electron chi connectivity index (χ1n) is 6.59. The zero-order valence-corrected chi connectivity index (χ0v) is 11.7. The molecule has 2 heteroatoms. The molecule has 17 heavy (non-hydrogen) atoms. The second kappa shape index (κ2) is 9.07. The fourth-order valence-electron chi connectivity index (χ4n) is 1.39. The third-order valence-electron chi connectivity index (χ3n) is 2.18. The van der Waals surface area contributed by atoms with E-state index in [-0.39, 0.29) is 5.97 Å². The monoisotopic (exact) mass is 238 g/mol. The van der Waals surface area contributed by atoms with Crippen LogP contribution in [0.2, 0.25) is 0 Å². The van der Waals surface area contributed by atoms with Gasteiger partial charge in [0.1, 0.15) is 5.60 Å². The van der Waals surface area contributed by atoms with Crippen LogP contribution in [0.5, 0.6) is 0 Å². The minimum atomic E-state index is -0.421. The maximum absolute atomic E-state index is 11.3. The van der Waals surface area contributed by atoms with Crippen molar-refractivity contribution < 1.29 is 9.53 Å². The van der Waals surface area contributed by atoms with Gasteiger partial charge in [0.05, 0.1) is 6.08 Å². The largest absolute Gasteiger partial charge is 0.456 e. The van der Waals surface area contributed by atoms with Crippen LogP contribution >= 0.6 is 0 Å². The fraction of sp³-hybridized carbons (Fsp3) is 0.733. The molecule has 0 aliphatic heterocycles. The van der Waals surface area contributed by atoms with Gasteiger partial charge in [0.2, 0.25) is 0 Å². The van der Waals surface area contributed by atoms with E-state index in [1.54, 1.807) is 0 Å². The number of carbonyl (C=O) groups excluding carboxylic acids is 1. The molecule has 0 radical (unpaired) electrons. The summed E-state index contributed by atoms with van der Waals surface area (Å²) in [5.41, 5.74) is 2.45. The normalized spacial score (nSPS) is 10.6. The predicted octanol–water partition coefficient (Wildman–Crippen LogP) is 4.40. The van der Waals surface area contributed by atoms with E-state index in [4.69, 9.17) is 4.74 Å². The Labute approximate surface area is 106 Å². The number of hydrogen-bond donors (Lipinski definition) is 0. The Kier molecular flexibility index (Phi) is 8.53. The lowest BCUT2D eigenvalue weighted by Crippen LogP contribution is -2.22. The van der Waals surface area contributed by atoms with Gasteiger partial charge in [-0.25, -0.2) is 4.79 Å². The van der Waals surface area contributed by atoms with Gasteiger partial charge in [-0.2, -0.15) is 0 Å². The molecule has 0 spiro atoms. The predicted molar refractivity (Wildman–Crippen MR) is 71.9 cm³/mol. The van der Waals surface area contributed by atoms with Gasteiger partial charge in [-0.05, 0) is 39.7 Å². The molecule has 0 aliphatic carbocycles. The molecule has 0 amide bonds. The van der Waals surface area contributed by atoms with Crippen molar-refractivity contribution in [3.63, 3.8) is 0 Å². The second-order valence-electron chi connectivity index (χ2n) is 5.25. The summed E-state index contributed by atoms with van der Waals surface area (Å²) in [5.74, 6) is -0.320. The van der Waals surface area contributed by atoms with Crippen LogP contribution in [0, 0.1) is 0 Å². The lowest BCUT2D eigenvalue weighted by molar-refractivity contribution is -0.148. The van der Waals surface area contributed by atoms with Gasteiger partial charge >= 0.3 is 5.97 Å². The van der Waals surface area contributed by atoms with Crippen LogP contribution in [0.1, 0.15) is 66.2 Å². The van der Waals surface area contributed by atoms with Crippen LogP contribution < -0.4 is 0 Å². The molecule has 2 nitrogen and oxygen atoms in total. The molecule has 0 rings (SSSR count). The summed E-state index contributed by atoms with van der Waals surface area (Å²) in [5, 5.41) is 0. The summed E-state index contributed by atoms with van der Waals surface area (Å²) < 4.78 is 5.12. The molecule has 0 atom stereocenters. The molecular weight excluding hydrogens is 212 g/mol. The van der Waals surface area contributed by atoms with E-state index in [9.17, 15) is 4.79 Å². The molecule has 0 fully saturated rings. The summed E-state index contributed by atoms with van der Waals surface area (Å²) in [6.07, 6.45) is 10.6. The topological polar surface area (TPSA) is 26.3 Å². The first-order chi connectivity index (χ1) is 7.95. The second-order valence-corrected chi connectivity index (χ2v) is 5.25. The van der Waals surface area contributed by atoms with E-state index < -0.39 is 5.60 Å². The molecule has 0 unspecified atom stereocenters. The first kappa shape index (κ1) is 16.0. The summed E-state index contributed by atoms with van der Waals surface area (Å²) >= 11 is 0. The quantitative estimate of drug-likeness (QED) is 0.284. The lowest BCUT2D eigenvalue weighted by Gasteiger charge is -2.17. The molecular formula is C15H26O2. The van der Waals surface area contributed by atoms with Crippen LogP contribution in [-0.4, -0.2) is 11.6 Å². The summed E-state index contributed by atoms with van der Waals surface area (Å²) in [6.45, 7) is 7.78. The fourth-order valence-corrected chi connectivity index (χ4v) is 1.39. The van der Waals surface area contributed by atoms with Gasteiger partial charge in [-0.1, -0.05) is 32.6 Å². The maximum Gasteiger partial charge on any atom is 0.339 e. The maximum atomic E-state index is 11.3. The molecule has 0 aliphatic rings. The van der Waals surface area contributed by atoms with Crippen LogP contribution in [0.4, 0.5) is 0 Å². The van der Waals surface area contributed by atoms with E-state index in [0.29, 0.717) is 0 Å². The Morgan fingerprint density at radius 3 is 2.41 bits per heavy atom. The van der Waals surface area contributed by atoms with Crippen molar-refractivity contribution in [2.45, 2.75) is 71.8 Å². The van der Waals surface area contributed by atoms with Crippen LogP contribution in [0.3, 0.4) is 0 Å². The Hall–Kier alpha value is -1.01. The van der Waals surface area contributed by atoms with Gasteiger partial charge in [-0.3, -0.25) is 0 Å². The van der Waals surface area contributed by atoms with E-state index in [2.05, 4.69) is 12.7 Å². The van der Waals surface area contributed by atoms with Gasteiger partial charge < -0.3 is 4.74 Å². The standard InChI is InChI=1S/C15H26O2/c1-5-6-7-8-9-10-11-12-13-14(16)17-15(2,3)4/h11,13H,5-10H2,1-4H3. The van der Waals surface area contributed by atoms with Gasteiger partial charge in [0, 0.05) is 0 Å². The van der Waals surface area contributed by atoms with Crippen molar-refractivity contribution in [2.75, 3.05) is 0 Å². The average molecular weight is 238 g/mol. The highest BCUT2D eigenvalue weighted by molar-refractivity contribution is 5.82. The third kappa shape index (κ3) is 12.9. The smallest absolute Gasteiger partial charge is 0.339 e. The Morgan fingerprint density at radius 1 is 1.18 bits per heavy atom. The highest BCUT2D eigenvalue weighted by Gasteiger charge is 2.13. The molecule has 0 heterocycles. The summed E-state index contributed by atoms with van der Waals surface area (Å²) in [4.78, 5) is 11.3. The molecule has 98 valence electrons. The highest BCUT2D eigenvalue weighted by Crippen LogP contribution is 2.07. The van der Waals surface area contributed by atoms with Crippen LogP contribution in [0.25, 0.3) is 0 Å². The van der Waals surface area contributed by atoms with Crippen LogP contribution in [0.15, 0.2) is 17.9 Å². The van der Waals surface area contributed by atoms with Crippen molar-refractivity contribution in [1.82, 2.24) is 0 Å². The van der Waals surface area contributed by atoms with E-state index in [1.807, 2.05) is 26.8 Å².